The lowest BCUT2D eigenvalue weighted by molar-refractivity contribution is -0.137. The maximum absolute atomic E-state index is 12.9. The molecule has 1 fully saturated rings. The molecule has 1 aliphatic heterocycles. The number of carbonyl (C=O) groups is 4. The van der Waals surface area contributed by atoms with Crippen molar-refractivity contribution in [3.63, 3.8) is 0 Å². The maximum atomic E-state index is 12.9. The van der Waals surface area contributed by atoms with Crippen molar-refractivity contribution >= 4 is 35.0 Å². The largest absolute Gasteiger partial charge is 0.452 e. The molecular formula is C24H22ClNO5. The Labute approximate surface area is 185 Å². The van der Waals surface area contributed by atoms with Gasteiger partial charge < -0.3 is 9.64 Å². The highest BCUT2D eigenvalue weighted by Gasteiger charge is 2.33. The van der Waals surface area contributed by atoms with Gasteiger partial charge in [0, 0.05) is 29.8 Å². The highest BCUT2D eigenvalue weighted by molar-refractivity contribution is 6.41. The lowest BCUT2D eigenvalue weighted by Gasteiger charge is -2.34. The van der Waals surface area contributed by atoms with Crippen molar-refractivity contribution in [2.75, 3.05) is 19.7 Å². The van der Waals surface area contributed by atoms with Crippen LogP contribution in [0.2, 0.25) is 5.02 Å². The first-order chi connectivity index (χ1) is 14.8. The molecule has 31 heavy (non-hydrogen) atoms. The number of hydrogen-bond donors (Lipinski definition) is 0. The van der Waals surface area contributed by atoms with E-state index in [1.807, 2.05) is 0 Å². The molecule has 0 N–H and O–H groups in total. The van der Waals surface area contributed by atoms with Crippen LogP contribution in [-0.2, 0) is 9.53 Å². The van der Waals surface area contributed by atoms with Crippen LogP contribution in [0.5, 0.6) is 0 Å². The zero-order chi connectivity index (χ0) is 22.3. The van der Waals surface area contributed by atoms with E-state index in [0.717, 1.165) is 6.42 Å². The number of ether oxygens (including phenoxy) is 1. The molecule has 0 radical (unpaired) electrons. The smallest absolute Gasteiger partial charge is 0.340 e. The summed E-state index contributed by atoms with van der Waals surface area (Å²) in [5, 5.41) is -0.136. The van der Waals surface area contributed by atoms with Gasteiger partial charge in [-0.15, -0.1) is 0 Å². The maximum Gasteiger partial charge on any atom is 0.340 e. The van der Waals surface area contributed by atoms with Gasteiger partial charge in [0.25, 0.3) is 5.91 Å². The Morgan fingerprint density at radius 1 is 0.968 bits per heavy atom. The average Bonchev–Trinajstić information content (AvgIpc) is 2.74. The summed E-state index contributed by atoms with van der Waals surface area (Å²) in [5.41, 5.74) is 0.648. The number of nitrogens with zero attached hydrogens (tertiary/aromatic N) is 1. The van der Waals surface area contributed by atoms with Gasteiger partial charge in [-0.25, -0.2) is 4.79 Å². The zero-order valence-corrected chi connectivity index (χ0v) is 18.1. The minimum atomic E-state index is -0.807. The molecule has 2 aromatic carbocycles. The molecule has 2 atom stereocenters. The summed E-state index contributed by atoms with van der Waals surface area (Å²) >= 11 is 6.38. The van der Waals surface area contributed by atoms with Crippen LogP contribution in [0, 0.1) is 11.8 Å². The fraction of sp³-hybridized carbons (Fsp3) is 0.333. The van der Waals surface area contributed by atoms with Crippen LogP contribution in [0.4, 0.5) is 0 Å². The lowest BCUT2D eigenvalue weighted by atomic mass is 9.83. The summed E-state index contributed by atoms with van der Waals surface area (Å²) in [6.45, 7) is 5.05. The number of amides is 1. The van der Waals surface area contributed by atoms with Gasteiger partial charge in [-0.05, 0) is 30.4 Å². The molecule has 2 aromatic rings. The van der Waals surface area contributed by atoms with Crippen LogP contribution in [-0.4, -0.2) is 48.0 Å². The number of likely N-dealkylation sites (tertiary alicyclic amines) is 1. The monoisotopic (exact) mass is 439 g/mol. The van der Waals surface area contributed by atoms with Crippen molar-refractivity contribution in [3.8, 4) is 0 Å². The van der Waals surface area contributed by atoms with E-state index in [2.05, 4.69) is 13.8 Å². The van der Waals surface area contributed by atoms with Crippen molar-refractivity contribution in [1.82, 2.24) is 4.90 Å². The molecule has 0 bridgehead atoms. The van der Waals surface area contributed by atoms with E-state index in [1.54, 1.807) is 29.2 Å². The van der Waals surface area contributed by atoms with Gasteiger partial charge in [0.15, 0.2) is 18.2 Å². The first-order valence-electron chi connectivity index (χ1n) is 10.2. The summed E-state index contributed by atoms with van der Waals surface area (Å²) < 4.78 is 5.21. The normalized spacial score (nSPS) is 20.2. The minimum absolute atomic E-state index is 0.00942. The van der Waals surface area contributed by atoms with Crippen LogP contribution < -0.4 is 0 Å². The fourth-order valence-corrected chi connectivity index (χ4v) is 4.79. The molecule has 7 heteroatoms. The Hall–Kier alpha value is -2.99. The van der Waals surface area contributed by atoms with E-state index >= 15 is 0 Å². The van der Waals surface area contributed by atoms with Crippen molar-refractivity contribution in [2.24, 2.45) is 11.8 Å². The van der Waals surface area contributed by atoms with Crippen molar-refractivity contribution < 1.29 is 23.9 Å². The van der Waals surface area contributed by atoms with Crippen LogP contribution in [0.25, 0.3) is 0 Å². The first kappa shape index (κ1) is 21.2. The second-order valence-electron chi connectivity index (χ2n) is 8.37. The third kappa shape index (κ3) is 3.88. The van der Waals surface area contributed by atoms with Crippen LogP contribution >= 0.6 is 11.6 Å². The van der Waals surface area contributed by atoms with Crippen molar-refractivity contribution in [2.45, 2.75) is 20.3 Å². The number of hydrogen-bond acceptors (Lipinski definition) is 5. The topological polar surface area (TPSA) is 80.8 Å². The molecule has 1 amide bonds. The van der Waals surface area contributed by atoms with Crippen LogP contribution in [0.3, 0.4) is 0 Å². The molecule has 4 rings (SSSR count). The molecule has 160 valence electrons. The van der Waals surface area contributed by atoms with E-state index in [4.69, 9.17) is 16.3 Å². The molecule has 0 spiro atoms. The van der Waals surface area contributed by atoms with Crippen molar-refractivity contribution in [3.05, 3.63) is 69.2 Å². The second-order valence-corrected chi connectivity index (χ2v) is 8.75. The number of esters is 1. The summed E-state index contributed by atoms with van der Waals surface area (Å²) in [4.78, 5) is 52.5. The Morgan fingerprint density at radius 2 is 1.58 bits per heavy atom. The van der Waals surface area contributed by atoms with E-state index in [9.17, 15) is 19.2 Å². The predicted molar refractivity (Wildman–Crippen MR) is 115 cm³/mol. The van der Waals surface area contributed by atoms with E-state index in [1.165, 1.54) is 12.1 Å². The Morgan fingerprint density at radius 3 is 2.23 bits per heavy atom. The fourth-order valence-electron chi connectivity index (χ4n) is 4.47. The SMILES string of the molecule is C[C@H]1C[C@H](C)CN(C(=O)COC(=O)c2ccc3c(c2Cl)C(=O)c2ccccc2C3=O)C1. The van der Waals surface area contributed by atoms with Crippen LogP contribution in [0.1, 0.15) is 62.5 Å². The lowest BCUT2D eigenvalue weighted by Crippen LogP contribution is -2.44. The third-order valence-corrected chi connectivity index (χ3v) is 6.19. The predicted octanol–water partition coefficient (Wildman–Crippen LogP) is 3.78. The highest BCUT2D eigenvalue weighted by atomic mass is 35.5. The zero-order valence-electron chi connectivity index (χ0n) is 17.3. The van der Waals surface area contributed by atoms with Gasteiger partial charge in [-0.1, -0.05) is 49.7 Å². The molecule has 2 aliphatic rings. The number of carbonyl (C=O) groups excluding carboxylic acids is 4. The summed E-state index contributed by atoms with van der Waals surface area (Å²) in [7, 11) is 0. The van der Waals surface area contributed by atoms with Gasteiger partial charge in [-0.2, -0.15) is 0 Å². The first-order valence-corrected chi connectivity index (χ1v) is 10.6. The minimum Gasteiger partial charge on any atom is -0.452 e. The molecule has 0 aromatic heterocycles. The standard InChI is InChI=1S/C24H22ClNO5/c1-13-9-14(2)11-26(10-13)19(27)12-31-24(30)18-8-7-17-20(21(18)25)23(29)16-6-4-3-5-15(16)22(17)28/h3-8,13-14H,9-12H2,1-2H3/t13-,14-/m0/s1. The highest BCUT2D eigenvalue weighted by Crippen LogP contribution is 2.34. The molecule has 0 unspecified atom stereocenters. The van der Waals surface area contributed by atoms with Crippen LogP contribution in [0.15, 0.2) is 36.4 Å². The number of benzene rings is 2. The Balaban J connectivity index is 1.53. The van der Waals surface area contributed by atoms with Gasteiger partial charge in [0.2, 0.25) is 0 Å². The van der Waals surface area contributed by atoms with Gasteiger partial charge in [0.1, 0.15) is 0 Å². The number of ketones is 2. The van der Waals surface area contributed by atoms with Crippen molar-refractivity contribution in [1.29, 1.82) is 0 Å². The molecule has 6 nitrogen and oxygen atoms in total. The molecular weight excluding hydrogens is 418 g/mol. The van der Waals surface area contributed by atoms with Gasteiger partial charge in [0.05, 0.1) is 16.1 Å². The number of fused-ring (bicyclic) bond motifs is 2. The van der Waals surface area contributed by atoms with E-state index in [-0.39, 0.29) is 39.0 Å². The number of halogens is 1. The summed E-state index contributed by atoms with van der Waals surface area (Å²) in [6, 6.07) is 9.25. The number of rotatable bonds is 3. The second kappa shape index (κ2) is 8.27. The van der Waals surface area contributed by atoms with Gasteiger partial charge in [-0.3, -0.25) is 14.4 Å². The third-order valence-electron chi connectivity index (χ3n) is 5.80. The number of piperidine rings is 1. The Bertz CT molecular complexity index is 1100. The summed E-state index contributed by atoms with van der Waals surface area (Å²) in [5.74, 6) is -1.03. The van der Waals surface area contributed by atoms with E-state index < -0.39 is 18.4 Å². The Kier molecular flexibility index (Phi) is 5.67. The molecule has 1 heterocycles. The molecule has 0 saturated carbocycles. The average molecular weight is 440 g/mol. The van der Waals surface area contributed by atoms with Gasteiger partial charge >= 0.3 is 5.97 Å². The molecule has 1 aliphatic carbocycles. The van der Waals surface area contributed by atoms with E-state index in [0.29, 0.717) is 30.5 Å². The molecule has 1 saturated heterocycles. The quantitative estimate of drug-likeness (QED) is 0.580. The summed E-state index contributed by atoms with van der Waals surface area (Å²) in [6.07, 6.45) is 1.06.